The zero-order valence-electron chi connectivity index (χ0n) is 13.9. The molecule has 0 bridgehead atoms. The summed E-state index contributed by atoms with van der Waals surface area (Å²) in [5.41, 5.74) is 6.76. The molecular formula is C18H27N3O2. The highest BCUT2D eigenvalue weighted by molar-refractivity contribution is 5.79. The monoisotopic (exact) mass is 317 g/mol. The van der Waals surface area contributed by atoms with Crippen LogP contribution in [0.2, 0.25) is 0 Å². The van der Waals surface area contributed by atoms with E-state index in [4.69, 9.17) is 5.73 Å². The van der Waals surface area contributed by atoms with Gasteiger partial charge in [0.1, 0.15) is 0 Å². The van der Waals surface area contributed by atoms with E-state index in [1.165, 1.54) is 5.56 Å². The van der Waals surface area contributed by atoms with E-state index in [1.807, 2.05) is 47.1 Å². The highest BCUT2D eigenvalue weighted by Gasteiger charge is 2.24. The molecule has 2 rings (SSSR count). The van der Waals surface area contributed by atoms with Crippen LogP contribution in [-0.4, -0.2) is 54.3 Å². The summed E-state index contributed by atoms with van der Waals surface area (Å²) in [7, 11) is 0. The van der Waals surface area contributed by atoms with Crippen LogP contribution >= 0.6 is 0 Å². The fourth-order valence-electron chi connectivity index (χ4n) is 2.85. The van der Waals surface area contributed by atoms with Crippen molar-refractivity contribution in [3.63, 3.8) is 0 Å². The van der Waals surface area contributed by atoms with Crippen molar-refractivity contribution < 1.29 is 9.59 Å². The first-order chi connectivity index (χ1) is 11.1. The Morgan fingerprint density at radius 2 is 1.74 bits per heavy atom. The summed E-state index contributed by atoms with van der Waals surface area (Å²) < 4.78 is 0. The molecule has 0 spiro atoms. The normalized spacial score (nSPS) is 16.8. The number of nitrogens with two attached hydrogens (primary N) is 1. The van der Waals surface area contributed by atoms with Crippen LogP contribution in [0.25, 0.3) is 0 Å². The topological polar surface area (TPSA) is 66.6 Å². The lowest BCUT2D eigenvalue weighted by Crippen LogP contribution is -2.41. The Bertz CT molecular complexity index is 518. The first-order valence-electron chi connectivity index (χ1n) is 8.42. The highest BCUT2D eigenvalue weighted by atomic mass is 16.2. The van der Waals surface area contributed by atoms with Gasteiger partial charge in [-0.05, 0) is 18.4 Å². The number of hydrogen-bond donors (Lipinski definition) is 1. The number of carbonyl (C=O) groups is 2. The van der Waals surface area contributed by atoms with Gasteiger partial charge in [-0.15, -0.1) is 0 Å². The van der Waals surface area contributed by atoms with Crippen molar-refractivity contribution in [1.29, 1.82) is 0 Å². The van der Waals surface area contributed by atoms with Crippen molar-refractivity contribution in [1.82, 2.24) is 9.80 Å². The second-order valence-electron chi connectivity index (χ2n) is 6.18. The van der Waals surface area contributed by atoms with Gasteiger partial charge in [0, 0.05) is 45.1 Å². The molecule has 0 radical (unpaired) electrons. The van der Waals surface area contributed by atoms with Gasteiger partial charge in [-0.25, -0.2) is 0 Å². The van der Waals surface area contributed by atoms with Crippen LogP contribution in [0.5, 0.6) is 0 Å². The number of benzene rings is 1. The van der Waals surface area contributed by atoms with Crippen molar-refractivity contribution in [2.75, 3.05) is 32.7 Å². The first-order valence-corrected chi connectivity index (χ1v) is 8.42. The van der Waals surface area contributed by atoms with Gasteiger partial charge < -0.3 is 15.5 Å². The summed E-state index contributed by atoms with van der Waals surface area (Å²) in [6, 6.07) is 10.1. The van der Waals surface area contributed by atoms with E-state index in [1.54, 1.807) is 0 Å². The summed E-state index contributed by atoms with van der Waals surface area (Å²) in [4.78, 5) is 28.3. The highest BCUT2D eigenvalue weighted by Crippen LogP contribution is 2.10. The SMILES string of the molecule is CC(CN)C(=O)N1CCCN(C(=O)CCc2ccccc2)CC1. The Hall–Kier alpha value is -1.88. The van der Waals surface area contributed by atoms with Gasteiger partial charge in [-0.3, -0.25) is 9.59 Å². The molecule has 1 heterocycles. The van der Waals surface area contributed by atoms with Gasteiger partial charge >= 0.3 is 0 Å². The maximum absolute atomic E-state index is 12.4. The summed E-state index contributed by atoms with van der Waals surface area (Å²) in [5.74, 6) is 0.136. The fraction of sp³-hybridized carbons (Fsp3) is 0.556. The smallest absolute Gasteiger partial charge is 0.226 e. The van der Waals surface area contributed by atoms with Crippen LogP contribution < -0.4 is 5.73 Å². The molecule has 1 unspecified atom stereocenters. The fourth-order valence-corrected chi connectivity index (χ4v) is 2.85. The molecule has 1 aromatic rings. The van der Waals surface area contributed by atoms with Crippen molar-refractivity contribution >= 4 is 11.8 Å². The minimum Gasteiger partial charge on any atom is -0.341 e. The molecule has 0 aromatic heterocycles. The van der Waals surface area contributed by atoms with Crippen LogP contribution in [0.4, 0.5) is 0 Å². The van der Waals surface area contributed by atoms with E-state index < -0.39 is 0 Å². The predicted octanol–water partition coefficient (Wildman–Crippen LogP) is 1.27. The second kappa shape index (κ2) is 8.67. The van der Waals surface area contributed by atoms with Gasteiger partial charge in [0.25, 0.3) is 0 Å². The molecule has 126 valence electrons. The summed E-state index contributed by atoms with van der Waals surface area (Å²) in [5, 5.41) is 0. The molecule has 1 atom stereocenters. The lowest BCUT2D eigenvalue weighted by atomic mass is 10.1. The van der Waals surface area contributed by atoms with Gasteiger partial charge in [0.05, 0.1) is 0 Å². The lowest BCUT2D eigenvalue weighted by molar-refractivity contribution is -0.135. The predicted molar refractivity (Wildman–Crippen MR) is 90.8 cm³/mol. The zero-order valence-corrected chi connectivity index (χ0v) is 13.9. The molecule has 1 aliphatic heterocycles. The van der Waals surface area contributed by atoms with Crippen molar-refractivity contribution in [2.45, 2.75) is 26.2 Å². The first kappa shape index (κ1) is 17.5. The minimum atomic E-state index is -0.143. The van der Waals surface area contributed by atoms with Crippen LogP contribution in [0, 0.1) is 5.92 Å². The zero-order chi connectivity index (χ0) is 16.7. The van der Waals surface area contributed by atoms with E-state index in [0.29, 0.717) is 32.6 Å². The van der Waals surface area contributed by atoms with E-state index in [2.05, 4.69) is 0 Å². The Balaban J connectivity index is 1.82. The third-order valence-corrected chi connectivity index (χ3v) is 4.41. The Morgan fingerprint density at radius 3 is 2.43 bits per heavy atom. The molecule has 5 nitrogen and oxygen atoms in total. The van der Waals surface area contributed by atoms with Crippen molar-refractivity contribution in [3.8, 4) is 0 Å². The molecule has 1 aliphatic rings. The van der Waals surface area contributed by atoms with Gasteiger partial charge in [-0.2, -0.15) is 0 Å². The number of carbonyl (C=O) groups excluding carboxylic acids is 2. The maximum atomic E-state index is 12.4. The van der Waals surface area contributed by atoms with Crippen LogP contribution in [0.1, 0.15) is 25.3 Å². The Morgan fingerprint density at radius 1 is 1.09 bits per heavy atom. The minimum absolute atomic E-state index is 0.103. The summed E-state index contributed by atoms with van der Waals surface area (Å²) >= 11 is 0. The number of nitrogens with zero attached hydrogens (tertiary/aromatic N) is 2. The third-order valence-electron chi connectivity index (χ3n) is 4.41. The van der Waals surface area contributed by atoms with Gasteiger partial charge in [-0.1, -0.05) is 37.3 Å². The number of aryl methyl sites for hydroxylation is 1. The molecule has 0 aliphatic carbocycles. The van der Waals surface area contributed by atoms with E-state index in [0.717, 1.165) is 19.4 Å². The van der Waals surface area contributed by atoms with Crippen molar-refractivity contribution in [2.24, 2.45) is 11.7 Å². The lowest BCUT2D eigenvalue weighted by Gasteiger charge is -2.24. The van der Waals surface area contributed by atoms with Crippen molar-refractivity contribution in [3.05, 3.63) is 35.9 Å². The van der Waals surface area contributed by atoms with Gasteiger partial charge in [0.2, 0.25) is 11.8 Å². The number of rotatable bonds is 5. The summed E-state index contributed by atoms with van der Waals surface area (Å²) in [6.45, 7) is 4.90. The summed E-state index contributed by atoms with van der Waals surface area (Å²) in [6.07, 6.45) is 2.13. The number of amides is 2. The molecule has 1 fully saturated rings. The molecule has 23 heavy (non-hydrogen) atoms. The van der Waals surface area contributed by atoms with Crippen LogP contribution in [-0.2, 0) is 16.0 Å². The standard InChI is InChI=1S/C18H27N3O2/c1-15(14-19)18(23)21-11-5-10-20(12-13-21)17(22)9-8-16-6-3-2-4-7-16/h2-4,6-7,15H,5,8-14,19H2,1H3. The van der Waals surface area contributed by atoms with E-state index in [-0.39, 0.29) is 17.7 Å². The third kappa shape index (κ3) is 5.06. The maximum Gasteiger partial charge on any atom is 0.226 e. The quantitative estimate of drug-likeness (QED) is 0.889. The molecular weight excluding hydrogens is 290 g/mol. The van der Waals surface area contributed by atoms with E-state index >= 15 is 0 Å². The van der Waals surface area contributed by atoms with E-state index in [9.17, 15) is 9.59 Å². The van der Waals surface area contributed by atoms with Crippen LogP contribution in [0.15, 0.2) is 30.3 Å². The largest absolute Gasteiger partial charge is 0.341 e. The average Bonchev–Trinajstić information content (AvgIpc) is 2.85. The molecule has 5 heteroatoms. The molecule has 2 amide bonds. The molecule has 2 N–H and O–H groups in total. The second-order valence-corrected chi connectivity index (χ2v) is 6.18. The molecule has 0 saturated carbocycles. The van der Waals surface area contributed by atoms with Crippen LogP contribution in [0.3, 0.4) is 0 Å². The average molecular weight is 317 g/mol. The molecule has 1 saturated heterocycles. The Labute approximate surface area is 138 Å². The number of hydrogen-bond acceptors (Lipinski definition) is 3. The van der Waals surface area contributed by atoms with Gasteiger partial charge in [0.15, 0.2) is 0 Å². The Kier molecular flexibility index (Phi) is 6.59. The molecule has 1 aromatic carbocycles.